The first-order chi connectivity index (χ1) is 11.5. The lowest BCUT2D eigenvalue weighted by atomic mass is 9.94. The number of rotatable bonds is 7. The van der Waals surface area contributed by atoms with E-state index in [0.717, 1.165) is 6.54 Å². The van der Waals surface area contributed by atoms with Gasteiger partial charge in [-0.2, -0.15) is 0 Å². The van der Waals surface area contributed by atoms with Crippen LogP contribution in [0.15, 0.2) is 24.3 Å². The Morgan fingerprint density at radius 1 is 1.20 bits per heavy atom. The lowest BCUT2D eigenvalue weighted by Gasteiger charge is -2.31. The van der Waals surface area contributed by atoms with Crippen molar-refractivity contribution in [2.24, 2.45) is 11.7 Å². The Morgan fingerprint density at radius 3 is 2.40 bits per heavy atom. The third kappa shape index (κ3) is 6.61. The van der Waals surface area contributed by atoms with E-state index in [2.05, 4.69) is 35.5 Å². The van der Waals surface area contributed by atoms with Crippen LogP contribution < -0.4 is 11.1 Å². The molecule has 1 amide bonds. The summed E-state index contributed by atoms with van der Waals surface area (Å²) < 4.78 is 0. The lowest BCUT2D eigenvalue weighted by Crippen LogP contribution is -2.43. The Hall–Kier alpha value is -1.10. The van der Waals surface area contributed by atoms with Crippen molar-refractivity contribution in [2.45, 2.75) is 71.1 Å². The van der Waals surface area contributed by atoms with Gasteiger partial charge in [-0.05, 0) is 36.9 Å². The average Bonchev–Trinajstić information content (AvgIpc) is 2.60. The fourth-order valence-corrected chi connectivity index (χ4v) is 3.41. The van der Waals surface area contributed by atoms with Gasteiger partial charge in [-0.15, -0.1) is 12.4 Å². The number of amides is 1. The molecule has 0 saturated heterocycles. The molecule has 1 aromatic carbocycles. The number of hydrogen-bond donors (Lipinski definition) is 2. The summed E-state index contributed by atoms with van der Waals surface area (Å²) in [6.07, 6.45) is 6.68. The van der Waals surface area contributed by atoms with E-state index in [4.69, 9.17) is 5.73 Å². The number of nitrogens with one attached hydrogen (secondary N) is 1. The maximum Gasteiger partial charge on any atom is 0.237 e. The molecule has 0 unspecified atom stereocenters. The first-order valence-corrected chi connectivity index (χ1v) is 9.29. The van der Waals surface area contributed by atoms with Gasteiger partial charge >= 0.3 is 0 Å². The summed E-state index contributed by atoms with van der Waals surface area (Å²) >= 11 is 0. The molecule has 0 aliphatic heterocycles. The van der Waals surface area contributed by atoms with Gasteiger partial charge in [0.15, 0.2) is 0 Å². The molecule has 1 aliphatic carbocycles. The SMILES string of the molecule is CC(C)[C@H](N)C(=O)NCc1ccccc1CN(C)C1CCCCC1.Cl. The van der Waals surface area contributed by atoms with Crippen molar-refractivity contribution in [2.75, 3.05) is 7.05 Å². The minimum atomic E-state index is -0.443. The molecule has 0 heterocycles. The summed E-state index contributed by atoms with van der Waals surface area (Å²) in [5.41, 5.74) is 8.40. The molecular weight excluding hydrogens is 334 g/mol. The molecule has 25 heavy (non-hydrogen) atoms. The van der Waals surface area contributed by atoms with Gasteiger partial charge in [-0.3, -0.25) is 9.69 Å². The van der Waals surface area contributed by atoms with Crippen LogP contribution in [0.5, 0.6) is 0 Å². The van der Waals surface area contributed by atoms with Gasteiger partial charge < -0.3 is 11.1 Å². The molecule has 0 bridgehead atoms. The van der Waals surface area contributed by atoms with E-state index in [1.54, 1.807) is 0 Å². The van der Waals surface area contributed by atoms with Crippen molar-refractivity contribution in [1.82, 2.24) is 10.2 Å². The topological polar surface area (TPSA) is 58.4 Å². The van der Waals surface area contributed by atoms with Crippen molar-refractivity contribution in [3.63, 3.8) is 0 Å². The van der Waals surface area contributed by atoms with Gasteiger partial charge in [0, 0.05) is 19.1 Å². The summed E-state index contributed by atoms with van der Waals surface area (Å²) in [4.78, 5) is 14.6. The van der Waals surface area contributed by atoms with Crippen molar-refractivity contribution >= 4 is 18.3 Å². The Bertz CT molecular complexity index is 529. The minimum Gasteiger partial charge on any atom is -0.351 e. The maximum absolute atomic E-state index is 12.1. The van der Waals surface area contributed by atoms with Gasteiger partial charge in [0.25, 0.3) is 0 Å². The van der Waals surface area contributed by atoms with Crippen LogP contribution in [-0.4, -0.2) is 29.9 Å². The van der Waals surface area contributed by atoms with Crippen LogP contribution in [0, 0.1) is 5.92 Å². The number of nitrogens with two attached hydrogens (primary N) is 1. The van der Waals surface area contributed by atoms with Crippen LogP contribution in [0.4, 0.5) is 0 Å². The summed E-state index contributed by atoms with van der Waals surface area (Å²) in [7, 11) is 2.22. The molecule has 0 spiro atoms. The molecule has 2 rings (SSSR count). The number of halogens is 1. The predicted octanol–water partition coefficient (Wildman–Crippen LogP) is 3.47. The van der Waals surface area contributed by atoms with E-state index >= 15 is 0 Å². The van der Waals surface area contributed by atoms with Crippen molar-refractivity contribution in [3.05, 3.63) is 35.4 Å². The molecule has 5 heteroatoms. The molecule has 1 fully saturated rings. The molecule has 1 aliphatic rings. The largest absolute Gasteiger partial charge is 0.351 e. The summed E-state index contributed by atoms with van der Waals surface area (Å²) in [5.74, 6) is 0.0816. The highest BCUT2D eigenvalue weighted by atomic mass is 35.5. The van der Waals surface area contributed by atoms with Crippen LogP contribution in [0.1, 0.15) is 57.1 Å². The van der Waals surface area contributed by atoms with Crippen LogP contribution in [0.25, 0.3) is 0 Å². The summed E-state index contributed by atoms with van der Waals surface area (Å²) in [6, 6.07) is 8.63. The second-order valence-electron chi connectivity index (χ2n) is 7.46. The smallest absolute Gasteiger partial charge is 0.237 e. The summed E-state index contributed by atoms with van der Waals surface area (Å²) in [5, 5.41) is 2.99. The zero-order valence-corrected chi connectivity index (χ0v) is 16.6. The van der Waals surface area contributed by atoms with E-state index < -0.39 is 6.04 Å². The van der Waals surface area contributed by atoms with Gasteiger partial charge in [-0.1, -0.05) is 57.4 Å². The van der Waals surface area contributed by atoms with E-state index in [9.17, 15) is 4.79 Å². The Balaban J connectivity index is 0.00000312. The lowest BCUT2D eigenvalue weighted by molar-refractivity contribution is -0.123. The monoisotopic (exact) mass is 367 g/mol. The molecule has 142 valence electrons. The third-order valence-corrected chi connectivity index (χ3v) is 5.21. The van der Waals surface area contributed by atoms with E-state index in [-0.39, 0.29) is 24.2 Å². The molecule has 0 aromatic heterocycles. The first-order valence-electron chi connectivity index (χ1n) is 9.29. The normalized spacial score (nSPS) is 16.6. The van der Waals surface area contributed by atoms with Crippen LogP contribution in [0.3, 0.4) is 0 Å². The van der Waals surface area contributed by atoms with Gasteiger partial charge in [0.2, 0.25) is 5.91 Å². The highest BCUT2D eigenvalue weighted by Crippen LogP contribution is 2.23. The molecule has 4 nitrogen and oxygen atoms in total. The zero-order chi connectivity index (χ0) is 17.5. The summed E-state index contributed by atoms with van der Waals surface area (Å²) in [6.45, 7) is 5.43. The second kappa shape index (κ2) is 10.8. The number of carbonyl (C=O) groups is 1. The quantitative estimate of drug-likeness (QED) is 0.775. The standard InChI is InChI=1S/C20H33N3O.ClH/c1-15(2)19(21)20(24)22-13-16-9-7-8-10-17(16)14-23(3)18-11-5-4-6-12-18;/h7-10,15,18-19H,4-6,11-14,21H2,1-3H3,(H,22,24);1H/t19-;/m0./s1. The molecule has 1 aromatic rings. The van der Waals surface area contributed by atoms with Gasteiger partial charge in [0.1, 0.15) is 0 Å². The van der Waals surface area contributed by atoms with E-state index in [1.165, 1.54) is 43.2 Å². The molecule has 0 radical (unpaired) electrons. The van der Waals surface area contributed by atoms with Gasteiger partial charge in [0.05, 0.1) is 6.04 Å². The minimum absolute atomic E-state index is 0. The van der Waals surface area contributed by atoms with Gasteiger partial charge in [-0.25, -0.2) is 0 Å². The van der Waals surface area contributed by atoms with Crippen molar-refractivity contribution < 1.29 is 4.79 Å². The van der Waals surface area contributed by atoms with E-state index in [0.29, 0.717) is 12.6 Å². The van der Waals surface area contributed by atoms with Crippen LogP contribution in [-0.2, 0) is 17.9 Å². The highest BCUT2D eigenvalue weighted by molar-refractivity contribution is 5.85. The number of carbonyl (C=O) groups excluding carboxylic acids is 1. The Kier molecular flexibility index (Phi) is 9.47. The predicted molar refractivity (Wildman–Crippen MR) is 107 cm³/mol. The fourth-order valence-electron chi connectivity index (χ4n) is 3.41. The fraction of sp³-hybridized carbons (Fsp3) is 0.650. The maximum atomic E-state index is 12.1. The molecular formula is C20H34ClN3O. The Labute approximate surface area is 158 Å². The Morgan fingerprint density at radius 2 is 1.80 bits per heavy atom. The second-order valence-corrected chi connectivity index (χ2v) is 7.46. The highest BCUT2D eigenvalue weighted by Gasteiger charge is 2.20. The van der Waals surface area contributed by atoms with Crippen molar-refractivity contribution in [3.8, 4) is 0 Å². The number of hydrogen-bond acceptors (Lipinski definition) is 3. The molecule has 1 saturated carbocycles. The number of benzene rings is 1. The van der Waals surface area contributed by atoms with Crippen LogP contribution >= 0.6 is 12.4 Å². The van der Waals surface area contributed by atoms with Crippen molar-refractivity contribution in [1.29, 1.82) is 0 Å². The van der Waals surface area contributed by atoms with E-state index in [1.807, 2.05) is 19.9 Å². The third-order valence-electron chi connectivity index (χ3n) is 5.21. The first kappa shape index (κ1) is 21.9. The molecule has 1 atom stereocenters. The molecule has 3 N–H and O–H groups in total. The average molecular weight is 368 g/mol. The number of nitrogens with zero attached hydrogens (tertiary/aromatic N) is 1. The van der Waals surface area contributed by atoms with Crippen LogP contribution in [0.2, 0.25) is 0 Å². The zero-order valence-electron chi connectivity index (χ0n) is 15.8.